The number of aliphatic hydroxyl groups excluding tert-OH is 3. The lowest BCUT2D eigenvalue weighted by atomic mass is 10.0. The molecule has 1 fully saturated rings. The molecule has 6 nitrogen and oxygen atoms in total. The van der Waals surface area contributed by atoms with Crippen LogP contribution in [0.2, 0.25) is 0 Å². The lowest BCUT2D eigenvalue weighted by molar-refractivity contribution is -0.143. The van der Waals surface area contributed by atoms with Gasteiger partial charge >= 0.3 is 6.18 Å². The number of hydrogen-bond donors (Lipinski definition) is 4. The van der Waals surface area contributed by atoms with Gasteiger partial charge in [-0.1, -0.05) is 12.2 Å². The number of rotatable bonds is 2. The number of nitrogens with zero attached hydrogens (tertiary/aromatic N) is 1. The van der Waals surface area contributed by atoms with Gasteiger partial charge in [0.2, 0.25) is 0 Å². The quantitative estimate of drug-likeness (QED) is 0.459. The summed E-state index contributed by atoms with van der Waals surface area (Å²) in [4.78, 5) is 5.77. The topological polar surface area (TPSA) is 98.6 Å². The molecule has 2 aromatic rings. The van der Waals surface area contributed by atoms with Crippen LogP contribution in [0.1, 0.15) is 22.9 Å². The number of aryl methyl sites for hydroxylation is 1. The molecule has 1 aliphatic heterocycles. The fourth-order valence-corrected chi connectivity index (χ4v) is 3.19. The van der Waals surface area contributed by atoms with Gasteiger partial charge in [-0.3, -0.25) is 0 Å². The second kappa shape index (κ2) is 6.50. The van der Waals surface area contributed by atoms with Gasteiger partial charge in [0.1, 0.15) is 34.7 Å². The van der Waals surface area contributed by atoms with E-state index in [9.17, 15) is 27.8 Å². The van der Waals surface area contributed by atoms with Crippen LogP contribution in [0.4, 0.5) is 17.6 Å². The van der Waals surface area contributed by atoms with E-state index in [-0.39, 0.29) is 26.8 Å². The minimum Gasteiger partial charge on any atom is -0.394 e. The van der Waals surface area contributed by atoms with E-state index in [1.165, 1.54) is 6.07 Å². The summed E-state index contributed by atoms with van der Waals surface area (Å²) in [5.41, 5.74) is -2.09. The first-order valence-electron chi connectivity index (χ1n) is 7.49. The number of alkyl halides is 3. The van der Waals surface area contributed by atoms with E-state index in [1.807, 2.05) is 0 Å². The summed E-state index contributed by atoms with van der Waals surface area (Å²) >= 11 is 5.09. The molecule has 1 saturated heterocycles. The highest BCUT2D eigenvalue weighted by molar-refractivity contribution is 7.71. The number of aromatic amines is 1. The average molecular weight is 394 g/mol. The van der Waals surface area contributed by atoms with Crippen molar-refractivity contribution in [2.75, 3.05) is 6.61 Å². The van der Waals surface area contributed by atoms with E-state index in [0.29, 0.717) is 0 Å². The Balaban J connectivity index is 2.18. The largest absolute Gasteiger partial charge is 0.436 e. The first kappa shape index (κ1) is 19.1. The van der Waals surface area contributed by atoms with Gasteiger partial charge < -0.3 is 25.0 Å². The van der Waals surface area contributed by atoms with Gasteiger partial charge in [-0.05, 0) is 18.6 Å². The minimum atomic E-state index is -4.97. The van der Waals surface area contributed by atoms with Crippen LogP contribution in [0.15, 0.2) is 6.07 Å². The maximum Gasteiger partial charge on any atom is 0.436 e. The number of fused-ring (bicyclic) bond motifs is 1. The molecule has 3 rings (SSSR count). The highest BCUT2D eigenvalue weighted by Crippen LogP contribution is 2.37. The fourth-order valence-electron chi connectivity index (χ4n) is 2.92. The van der Waals surface area contributed by atoms with Crippen molar-refractivity contribution in [2.24, 2.45) is 0 Å². The molecule has 0 aromatic carbocycles. The van der Waals surface area contributed by atoms with Crippen molar-refractivity contribution in [3.63, 3.8) is 0 Å². The molecule has 11 heteroatoms. The maximum atomic E-state index is 14.1. The molecule has 4 N–H and O–H groups in total. The van der Waals surface area contributed by atoms with Crippen LogP contribution in [0.5, 0.6) is 0 Å². The molecule has 4 atom stereocenters. The Morgan fingerprint density at radius 3 is 2.50 bits per heavy atom. The standard InChI is InChI=1S/C15H14F4N2O4S/c1-4-5-2-6(11-10(24)9(23)7(3-22)25-11)14(26)21-13(5)20-12(8(4)16)15(17,18)19/h2,7,9-11,22-24H,3H2,1H3,(H,20,21,26)/t7-,9?,10+,11+/m1/s1. The summed E-state index contributed by atoms with van der Waals surface area (Å²) < 4.78 is 58.1. The summed E-state index contributed by atoms with van der Waals surface area (Å²) in [6, 6.07) is 1.26. The molecule has 0 radical (unpaired) electrons. The molecule has 2 aromatic heterocycles. The first-order chi connectivity index (χ1) is 12.1. The van der Waals surface area contributed by atoms with Crippen LogP contribution >= 0.6 is 12.2 Å². The van der Waals surface area contributed by atoms with Crippen molar-refractivity contribution in [3.05, 3.63) is 33.3 Å². The zero-order chi connectivity index (χ0) is 19.4. The molecule has 0 amide bonds. The van der Waals surface area contributed by atoms with E-state index in [2.05, 4.69) is 9.97 Å². The SMILES string of the molecule is Cc1c(F)c(C(F)(F)F)nc2[nH]c(=S)c([C@@H]3O[C@H](CO)C(O)[C@@H]3O)cc12. The van der Waals surface area contributed by atoms with Crippen molar-refractivity contribution in [1.82, 2.24) is 9.97 Å². The molecule has 142 valence electrons. The Morgan fingerprint density at radius 1 is 1.31 bits per heavy atom. The molecular formula is C15H14F4N2O4S. The van der Waals surface area contributed by atoms with Gasteiger partial charge in [-0.25, -0.2) is 9.37 Å². The normalized spacial score (nSPS) is 26.6. The Labute approximate surface area is 149 Å². The van der Waals surface area contributed by atoms with E-state index >= 15 is 0 Å². The zero-order valence-corrected chi connectivity index (χ0v) is 14.0. The van der Waals surface area contributed by atoms with E-state index in [0.717, 1.165) is 6.92 Å². The third-order valence-corrected chi connectivity index (χ3v) is 4.67. The summed E-state index contributed by atoms with van der Waals surface area (Å²) in [7, 11) is 0. The number of H-pyrrole nitrogens is 1. The Bertz CT molecular complexity index is 917. The lowest BCUT2D eigenvalue weighted by Gasteiger charge is -2.17. The summed E-state index contributed by atoms with van der Waals surface area (Å²) in [6.45, 7) is 0.607. The molecule has 0 saturated carbocycles. The molecular weight excluding hydrogens is 380 g/mol. The third kappa shape index (κ3) is 2.99. The van der Waals surface area contributed by atoms with Crippen molar-refractivity contribution < 1.29 is 37.6 Å². The molecule has 0 bridgehead atoms. The van der Waals surface area contributed by atoms with Gasteiger partial charge in [0.15, 0.2) is 11.5 Å². The number of hydrogen-bond acceptors (Lipinski definition) is 6. The third-order valence-electron chi connectivity index (χ3n) is 4.33. The van der Waals surface area contributed by atoms with Gasteiger partial charge in [0.05, 0.1) is 6.61 Å². The molecule has 3 heterocycles. The van der Waals surface area contributed by atoms with Gasteiger partial charge in [0, 0.05) is 10.9 Å². The first-order valence-corrected chi connectivity index (χ1v) is 7.89. The van der Waals surface area contributed by atoms with Crippen LogP contribution in [-0.2, 0) is 10.9 Å². The number of pyridine rings is 2. The number of aliphatic hydroxyl groups is 3. The van der Waals surface area contributed by atoms with Crippen molar-refractivity contribution >= 4 is 23.3 Å². The van der Waals surface area contributed by atoms with Crippen molar-refractivity contribution in [3.8, 4) is 0 Å². The number of halogens is 4. The van der Waals surface area contributed by atoms with Crippen LogP contribution in [0.3, 0.4) is 0 Å². The number of aromatic nitrogens is 2. The van der Waals surface area contributed by atoms with Crippen LogP contribution in [0, 0.1) is 17.4 Å². The lowest BCUT2D eigenvalue weighted by Crippen LogP contribution is -2.32. The second-order valence-electron chi connectivity index (χ2n) is 5.97. The molecule has 26 heavy (non-hydrogen) atoms. The monoisotopic (exact) mass is 394 g/mol. The van der Waals surface area contributed by atoms with Crippen LogP contribution < -0.4 is 0 Å². The summed E-state index contributed by atoms with van der Waals surface area (Å²) in [6.07, 6.45) is -9.96. The fraction of sp³-hybridized carbons (Fsp3) is 0.467. The molecule has 1 aliphatic rings. The molecule has 0 spiro atoms. The zero-order valence-electron chi connectivity index (χ0n) is 13.2. The maximum absolute atomic E-state index is 14.1. The minimum absolute atomic E-state index is 0.0249. The number of ether oxygens (including phenoxy) is 1. The van der Waals surface area contributed by atoms with Gasteiger partial charge in [-0.2, -0.15) is 13.2 Å². The predicted octanol–water partition coefficient (Wildman–Crippen LogP) is 1.91. The smallest absolute Gasteiger partial charge is 0.394 e. The van der Waals surface area contributed by atoms with Crippen molar-refractivity contribution in [1.29, 1.82) is 0 Å². The van der Waals surface area contributed by atoms with Crippen molar-refractivity contribution in [2.45, 2.75) is 37.5 Å². The van der Waals surface area contributed by atoms with Crippen LogP contribution in [-0.4, -0.2) is 50.2 Å². The van der Waals surface area contributed by atoms with Gasteiger partial charge in [0.25, 0.3) is 0 Å². The Kier molecular flexibility index (Phi) is 4.78. The van der Waals surface area contributed by atoms with E-state index in [4.69, 9.17) is 22.1 Å². The summed E-state index contributed by atoms with van der Waals surface area (Å²) in [5.74, 6) is -1.51. The molecule has 0 aliphatic carbocycles. The average Bonchev–Trinajstić information content (AvgIpc) is 2.84. The highest BCUT2D eigenvalue weighted by Gasteiger charge is 2.44. The Morgan fingerprint density at radius 2 is 1.96 bits per heavy atom. The Hall–Kier alpha value is -1.66. The summed E-state index contributed by atoms with van der Waals surface area (Å²) in [5, 5.41) is 29.1. The van der Waals surface area contributed by atoms with Crippen LogP contribution in [0.25, 0.3) is 11.0 Å². The molecule has 1 unspecified atom stereocenters. The highest BCUT2D eigenvalue weighted by atomic mass is 32.1. The van der Waals surface area contributed by atoms with E-state index < -0.39 is 48.7 Å². The van der Waals surface area contributed by atoms with Gasteiger partial charge in [-0.15, -0.1) is 0 Å². The second-order valence-corrected chi connectivity index (χ2v) is 6.38. The van der Waals surface area contributed by atoms with E-state index in [1.54, 1.807) is 0 Å². The predicted molar refractivity (Wildman–Crippen MR) is 83.3 cm³/mol. The number of nitrogens with one attached hydrogen (secondary N) is 1.